The molecule has 6 aromatic carbocycles. The van der Waals surface area contributed by atoms with Gasteiger partial charge in [0.05, 0.1) is 5.54 Å². The molecular formula is C54H50N2. The molecule has 0 saturated carbocycles. The number of fused-ring (bicyclic) bond motifs is 5. The molecule has 1 heterocycles. The van der Waals surface area contributed by atoms with Crippen LogP contribution in [0.4, 0.5) is 17.1 Å². The number of anilines is 3. The summed E-state index contributed by atoms with van der Waals surface area (Å²) in [4.78, 5) is 2.67. The van der Waals surface area contributed by atoms with E-state index in [-0.39, 0.29) is 11.0 Å². The standard InChI is InChI=1S/C54H50N2/c1-35-13-10-16-40(29-35)44-26-24-43(30-37(44)3)56-52-27-22-39(32-50(52)54(56)28-12-14-36(2)34-54)38-15-11-17-41(31-38)45-18-7-9-21-51(45)55-42-23-25-47-46-19-6-8-20-48(46)53(4,5)49(47)33-42/h6-27,29-33,36-37,44,55H,28,34H2,1-5H3. The van der Waals surface area contributed by atoms with Crippen molar-refractivity contribution in [2.24, 2.45) is 11.8 Å². The number of nitrogens with one attached hydrogen (secondary N) is 1. The molecule has 4 unspecified atom stereocenters. The van der Waals surface area contributed by atoms with E-state index in [1.165, 1.54) is 72.6 Å². The lowest BCUT2D eigenvalue weighted by Gasteiger charge is -2.58. The minimum absolute atomic E-state index is 0.0362. The molecule has 2 heteroatoms. The van der Waals surface area contributed by atoms with Crippen molar-refractivity contribution in [2.75, 3.05) is 10.2 Å². The lowest BCUT2D eigenvalue weighted by Crippen LogP contribution is -2.55. The molecule has 1 spiro atoms. The Labute approximate surface area is 333 Å². The number of hydrogen-bond donors (Lipinski definition) is 1. The molecule has 0 amide bonds. The summed E-state index contributed by atoms with van der Waals surface area (Å²) in [6.07, 6.45) is 14.3. The van der Waals surface area contributed by atoms with Crippen molar-refractivity contribution < 1.29 is 0 Å². The Morgan fingerprint density at radius 2 is 1.41 bits per heavy atom. The highest BCUT2D eigenvalue weighted by Crippen LogP contribution is 2.59. The average Bonchev–Trinajstić information content (AvgIpc) is 3.43. The van der Waals surface area contributed by atoms with Crippen molar-refractivity contribution in [3.8, 4) is 33.4 Å². The van der Waals surface area contributed by atoms with Gasteiger partial charge in [0.1, 0.15) is 0 Å². The fourth-order valence-electron chi connectivity index (χ4n) is 10.4. The van der Waals surface area contributed by atoms with Crippen LogP contribution in [0.25, 0.3) is 33.4 Å². The number of para-hydroxylation sites is 1. The third-order valence-corrected chi connectivity index (χ3v) is 13.2. The highest BCUT2D eigenvalue weighted by molar-refractivity contribution is 5.87. The molecule has 4 aliphatic rings. The Morgan fingerprint density at radius 1 is 0.643 bits per heavy atom. The van der Waals surface area contributed by atoms with Crippen molar-refractivity contribution in [3.63, 3.8) is 0 Å². The summed E-state index contributed by atoms with van der Waals surface area (Å²) in [5, 5.41) is 3.82. The topological polar surface area (TPSA) is 15.3 Å². The van der Waals surface area contributed by atoms with Crippen LogP contribution in [0.5, 0.6) is 0 Å². The van der Waals surface area contributed by atoms with Crippen molar-refractivity contribution in [2.45, 2.75) is 64.3 Å². The van der Waals surface area contributed by atoms with Crippen LogP contribution >= 0.6 is 0 Å². The molecule has 0 fully saturated rings. The molecule has 276 valence electrons. The second-order valence-electron chi connectivity index (χ2n) is 17.3. The third kappa shape index (κ3) is 5.53. The van der Waals surface area contributed by atoms with Crippen molar-refractivity contribution >= 4 is 17.1 Å². The first-order chi connectivity index (χ1) is 27.2. The summed E-state index contributed by atoms with van der Waals surface area (Å²) in [6, 6.07) is 49.8. The van der Waals surface area contributed by atoms with E-state index in [1.807, 2.05) is 0 Å². The highest BCUT2D eigenvalue weighted by atomic mass is 15.3. The van der Waals surface area contributed by atoms with Gasteiger partial charge in [0, 0.05) is 45.2 Å². The summed E-state index contributed by atoms with van der Waals surface area (Å²) in [5.41, 5.74) is 19.4. The second kappa shape index (κ2) is 13.1. The molecule has 0 radical (unpaired) electrons. The summed E-state index contributed by atoms with van der Waals surface area (Å²) in [7, 11) is 0. The summed E-state index contributed by atoms with van der Waals surface area (Å²) < 4.78 is 0. The van der Waals surface area contributed by atoms with Crippen LogP contribution in [0.1, 0.15) is 74.3 Å². The first kappa shape index (κ1) is 34.6. The van der Waals surface area contributed by atoms with Crippen LogP contribution in [0.2, 0.25) is 0 Å². The van der Waals surface area contributed by atoms with E-state index in [2.05, 4.69) is 209 Å². The van der Waals surface area contributed by atoms with Crippen LogP contribution in [0.15, 0.2) is 170 Å². The average molecular weight is 727 g/mol. The molecule has 0 bridgehead atoms. The predicted molar refractivity (Wildman–Crippen MR) is 237 cm³/mol. The number of allylic oxidation sites excluding steroid dienone is 4. The van der Waals surface area contributed by atoms with Crippen LogP contribution in [0.3, 0.4) is 0 Å². The van der Waals surface area contributed by atoms with Crippen LogP contribution in [-0.2, 0) is 11.0 Å². The Balaban J connectivity index is 0.960. The molecule has 0 aromatic heterocycles. The fraction of sp³-hybridized carbons (Fsp3) is 0.222. The van der Waals surface area contributed by atoms with Gasteiger partial charge in [0.15, 0.2) is 0 Å². The van der Waals surface area contributed by atoms with Gasteiger partial charge in [-0.05, 0) is 119 Å². The zero-order valence-corrected chi connectivity index (χ0v) is 33.2. The SMILES string of the molecule is Cc1cccc(C2C=CC(N3c4ccc(-c5cccc(-c6ccccc6Nc6ccc7c(c6)C(C)(C)c6ccccc6-7)c5)cc4C34CC=CC(C)C4)=CC2C)c1. The van der Waals surface area contributed by atoms with E-state index in [0.29, 0.717) is 17.8 Å². The maximum atomic E-state index is 3.82. The zero-order chi connectivity index (χ0) is 38.2. The largest absolute Gasteiger partial charge is 0.355 e. The van der Waals surface area contributed by atoms with Gasteiger partial charge in [-0.25, -0.2) is 0 Å². The summed E-state index contributed by atoms with van der Waals surface area (Å²) in [6.45, 7) is 11.6. The monoisotopic (exact) mass is 726 g/mol. The smallest absolute Gasteiger partial charge is 0.0762 e. The normalized spacial score (nSPS) is 22.6. The lowest BCUT2D eigenvalue weighted by molar-refractivity contribution is 0.308. The molecule has 56 heavy (non-hydrogen) atoms. The van der Waals surface area contributed by atoms with Gasteiger partial charge < -0.3 is 10.2 Å². The summed E-state index contributed by atoms with van der Waals surface area (Å²) in [5.74, 6) is 1.34. The number of hydrogen-bond acceptors (Lipinski definition) is 2. The molecule has 10 rings (SSSR count). The van der Waals surface area contributed by atoms with E-state index in [1.54, 1.807) is 0 Å². The van der Waals surface area contributed by atoms with Crippen LogP contribution in [0, 0.1) is 18.8 Å². The predicted octanol–water partition coefficient (Wildman–Crippen LogP) is 14.3. The van der Waals surface area contributed by atoms with E-state index in [0.717, 1.165) is 24.2 Å². The molecular weight excluding hydrogens is 677 g/mol. The maximum Gasteiger partial charge on any atom is 0.0762 e. The molecule has 2 nitrogen and oxygen atoms in total. The van der Waals surface area contributed by atoms with E-state index >= 15 is 0 Å². The van der Waals surface area contributed by atoms with Crippen molar-refractivity contribution in [1.29, 1.82) is 0 Å². The van der Waals surface area contributed by atoms with Gasteiger partial charge >= 0.3 is 0 Å². The van der Waals surface area contributed by atoms with Crippen LogP contribution < -0.4 is 10.2 Å². The number of rotatable bonds is 6. The van der Waals surface area contributed by atoms with Crippen LogP contribution in [-0.4, -0.2) is 0 Å². The molecule has 1 aliphatic heterocycles. The Morgan fingerprint density at radius 3 is 2.25 bits per heavy atom. The third-order valence-electron chi connectivity index (χ3n) is 13.2. The minimum Gasteiger partial charge on any atom is -0.355 e. The number of nitrogens with zero attached hydrogens (tertiary/aromatic N) is 1. The molecule has 0 saturated heterocycles. The Bertz CT molecular complexity index is 2620. The van der Waals surface area contributed by atoms with Gasteiger partial charge in [-0.1, -0.05) is 155 Å². The highest BCUT2D eigenvalue weighted by Gasteiger charge is 2.51. The number of benzene rings is 6. The summed E-state index contributed by atoms with van der Waals surface area (Å²) >= 11 is 0. The van der Waals surface area contributed by atoms with E-state index in [9.17, 15) is 0 Å². The fourth-order valence-corrected chi connectivity index (χ4v) is 10.4. The quantitative estimate of drug-likeness (QED) is 0.172. The molecule has 1 N–H and O–H groups in total. The minimum atomic E-state index is -0.0385. The van der Waals surface area contributed by atoms with E-state index in [4.69, 9.17) is 0 Å². The van der Waals surface area contributed by atoms with Gasteiger partial charge in [0.2, 0.25) is 0 Å². The molecule has 6 aromatic rings. The van der Waals surface area contributed by atoms with E-state index < -0.39 is 0 Å². The lowest BCUT2D eigenvalue weighted by atomic mass is 9.67. The van der Waals surface area contributed by atoms with Gasteiger partial charge in [0.25, 0.3) is 0 Å². The van der Waals surface area contributed by atoms with Crippen molar-refractivity contribution in [3.05, 3.63) is 197 Å². The first-order valence-corrected chi connectivity index (χ1v) is 20.5. The number of aryl methyl sites for hydroxylation is 1. The van der Waals surface area contributed by atoms with Gasteiger partial charge in [-0.3, -0.25) is 0 Å². The second-order valence-corrected chi connectivity index (χ2v) is 17.3. The first-order valence-electron chi connectivity index (χ1n) is 20.5. The molecule has 3 aliphatic carbocycles. The Kier molecular flexibility index (Phi) is 8.11. The van der Waals surface area contributed by atoms with Crippen molar-refractivity contribution in [1.82, 2.24) is 0 Å². The van der Waals surface area contributed by atoms with Gasteiger partial charge in [-0.2, -0.15) is 0 Å². The zero-order valence-electron chi connectivity index (χ0n) is 33.2. The Hall–Kier alpha value is -5.86. The van der Waals surface area contributed by atoms with Gasteiger partial charge in [-0.15, -0.1) is 0 Å². The molecule has 4 atom stereocenters. The maximum absolute atomic E-state index is 3.82.